The largest absolute Gasteiger partial charge is 0.299 e. The van der Waals surface area contributed by atoms with Crippen LogP contribution in [0, 0.1) is 23.2 Å². The lowest BCUT2D eigenvalue weighted by molar-refractivity contribution is -0.104. The van der Waals surface area contributed by atoms with Crippen LogP contribution in [0.3, 0.4) is 0 Å². The Balaban J connectivity index is 1.96. The molecule has 0 saturated heterocycles. The zero-order valence-electron chi connectivity index (χ0n) is 8.83. The molecule has 2 atom stereocenters. The van der Waals surface area contributed by atoms with Gasteiger partial charge in [-0.05, 0) is 61.3 Å². The van der Waals surface area contributed by atoms with E-state index in [-0.39, 0.29) is 0 Å². The molecule has 0 N–H and O–H groups in total. The van der Waals surface area contributed by atoms with Gasteiger partial charge in [0, 0.05) is 0 Å². The van der Waals surface area contributed by atoms with E-state index in [2.05, 4.69) is 6.92 Å². The van der Waals surface area contributed by atoms with Gasteiger partial charge in [-0.2, -0.15) is 0 Å². The molecule has 2 unspecified atom stereocenters. The number of carbonyl (C=O) groups is 1. The lowest BCUT2D eigenvalue weighted by atomic mass is 9.48. The van der Waals surface area contributed by atoms with Crippen molar-refractivity contribution in [2.75, 3.05) is 0 Å². The number of rotatable bonds is 1. The van der Waals surface area contributed by atoms with Crippen LogP contribution < -0.4 is 0 Å². The topological polar surface area (TPSA) is 17.1 Å². The highest BCUT2D eigenvalue weighted by Gasteiger charge is 2.50. The van der Waals surface area contributed by atoms with Crippen LogP contribution in [-0.4, -0.2) is 6.29 Å². The third kappa shape index (κ3) is 1.11. The van der Waals surface area contributed by atoms with Gasteiger partial charge in [-0.3, -0.25) is 4.79 Å². The van der Waals surface area contributed by atoms with Gasteiger partial charge in [0.1, 0.15) is 6.29 Å². The Labute approximate surface area is 85.6 Å². The molecule has 0 heterocycles. The van der Waals surface area contributed by atoms with E-state index in [1.165, 1.54) is 37.7 Å². The van der Waals surface area contributed by atoms with E-state index in [9.17, 15) is 4.79 Å². The average Bonchev–Trinajstić information content (AvgIpc) is 2.08. The summed E-state index contributed by atoms with van der Waals surface area (Å²) in [4.78, 5) is 10.6. The van der Waals surface area contributed by atoms with Crippen LogP contribution in [0.1, 0.15) is 39.0 Å². The molecule has 4 saturated carbocycles. The maximum absolute atomic E-state index is 10.6. The maximum Gasteiger partial charge on any atom is 0.142 e. The van der Waals surface area contributed by atoms with Crippen LogP contribution in [0.15, 0.2) is 11.6 Å². The summed E-state index contributed by atoms with van der Waals surface area (Å²) in [6.45, 7) is 2.45. The molecule has 0 aromatic rings. The first-order chi connectivity index (χ1) is 6.70. The Morgan fingerprint density at radius 1 is 1.21 bits per heavy atom. The van der Waals surface area contributed by atoms with Gasteiger partial charge < -0.3 is 0 Å². The second-order valence-electron chi connectivity index (χ2n) is 5.96. The molecule has 1 heteroatoms. The first-order valence-corrected chi connectivity index (χ1v) is 5.85. The highest BCUT2D eigenvalue weighted by Crippen LogP contribution is 2.61. The highest BCUT2D eigenvalue weighted by molar-refractivity contribution is 5.66. The third-order valence-corrected chi connectivity index (χ3v) is 4.70. The number of allylic oxidation sites excluding steroid dienone is 2. The molecular weight excluding hydrogens is 172 g/mol. The van der Waals surface area contributed by atoms with Gasteiger partial charge in [-0.25, -0.2) is 0 Å². The van der Waals surface area contributed by atoms with Crippen molar-refractivity contribution >= 4 is 6.29 Å². The molecule has 4 bridgehead atoms. The quantitative estimate of drug-likeness (QED) is 0.459. The van der Waals surface area contributed by atoms with Crippen molar-refractivity contribution in [3.63, 3.8) is 0 Å². The zero-order chi connectivity index (χ0) is 9.76. The van der Waals surface area contributed by atoms with Crippen LogP contribution in [0.25, 0.3) is 0 Å². The lowest BCUT2D eigenvalue weighted by Crippen LogP contribution is -2.45. The first-order valence-electron chi connectivity index (χ1n) is 5.85. The van der Waals surface area contributed by atoms with E-state index >= 15 is 0 Å². The molecular formula is C13H18O. The highest BCUT2D eigenvalue weighted by atomic mass is 16.1. The van der Waals surface area contributed by atoms with E-state index in [0.717, 1.165) is 24.0 Å². The summed E-state index contributed by atoms with van der Waals surface area (Å²) in [5.74, 6) is 2.49. The SMILES string of the molecule is CC12CC3CC(C1)C(=CC=O)C(C3)C2. The average molecular weight is 190 g/mol. The minimum Gasteiger partial charge on any atom is -0.299 e. The van der Waals surface area contributed by atoms with Gasteiger partial charge in [0.05, 0.1) is 0 Å². The van der Waals surface area contributed by atoms with Gasteiger partial charge in [0.25, 0.3) is 0 Å². The van der Waals surface area contributed by atoms with Crippen LogP contribution in [-0.2, 0) is 4.79 Å². The van der Waals surface area contributed by atoms with Crippen LogP contribution in [0.4, 0.5) is 0 Å². The van der Waals surface area contributed by atoms with Gasteiger partial charge in [-0.1, -0.05) is 12.5 Å². The van der Waals surface area contributed by atoms with Crippen molar-refractivity contribution in [2.45, 2.75) is 39.0 Å². The summed E-state index contributed by atoms with van der Waals surface area (Å²) in [7, 11) is 0. The van der Waals surface area contributed by atoms with Crippen molar-refractivity contribution in [1.29, 1.82) is 0 Å². The first kappa shape index (κ1) is 8.70. The van der Waals surface area contributed by atoms with Crippen molar-refractivity contribution in [1.82, 2.24) is 0 Å². The number of hydrogen-bond acceptors (Lipinski definition) is 1. The predicted molar refractivity (Wildman–Crippen MR) is 55.8 cm³/mol. The molecule has 0 aromatic carbocycles. The second kappa shape index (κ2) is 2.71. The Morgan fingerprint density at radius 3 is 2.36 bits per heavy atom. The van der Waals surface area contributed by atoms with E-state index in [1.807, 2.05) is 6.08 Å². The molecule has 0 spiro atoms. The van der Waals surface area contributed by atoms with Crippen molar-refractivity contribution < 1.29 is 4.79 Å². The van der Waals surface area contributed by atoms with Crippen LogP contribution in [0.2, 0.25) is 0 Å². The summed E-state index contributed by atoms with van der Waals surface area (Å²) in [6, 6.07) is 0. The Bertz CT molecular complexity index is 284. The van der Waals surface area contributed by atoms with Gasteiger partial charge >= 0.3 is 0 Å². The zero-order valence-corrected chi connectivity index (χ0v) is 8.83. The summed E-state index contributed by atoms with van der Waals surface area (Å²) >= 11 is 0. The Hall–Kier alpha value is -0.590. The van der Waals surface area contributed by atoms with Crippen molar-refractivity contribution in [2.24, 2.45) is 23.2 Å². The third-order valence-electron chi connectivity index (χ3n) is 4.70. The fourth-order valence-corrected chi connectivity index (χ4v) is 4.56. The summed E-state index contributed by atoms with van der Waals surface area (Å²) < 4.78 is 0. The van der Waals surface area contributed by atoms with Crippen molar-refractivity contribution in [3.8, 4) is 0 Å². The molecule has 0 amide bonds. The van der Waals surface area contributed by atoms with Crippen LogP contribution in [0.5, 0.6) is 0 Å². The Morgan fingerprint density at radius 2 is 1.86 bits per heavy atom. The molecule has 4 aliphatic rings. The number of aldehydes is 1. The minimum atomic E-state index is 0.622. The van der Waals surface area contributed by atoms with E-state index in [1.54, 1.807) is 0 Å². The fraction of sp³-hybridized carbons (Fsp3) is 0.769. The molecule has 0 aromatic heterocycles. The predicted octanol–water partition coefficient (Wildman–Crippen LogP) is 2.96. The van der Waals surface area contributed by atoms with Gasteiger partial charge in [-0.15, -0.1) is 0 Å². The summed E-state index contributed by atoms with van der Waals surface area (Å²) in [5, 5.41) is 0. The molecule has 0 aliphatic heterocycles. The molecule has 4 fully saturated rings. The lowest BCUT2D eigenvalue weighted by Gasteiger charge is -2.56. The number of hydrogen-bond donors (Lipinski definition) is 0. The number of carbonyl (C=O) groups excluding carboxylic acids is 1. The molecule has 76 valence electrons. The van der Waals surface area contributed by atoms with E-state index in [0.29, 0.717) is 5.41 Å². The molecule has 4 aliphatic carbocycles. The molecule has 0 radical (unpaired) electrons. The van der Waals surface area contributed by atoms with Crippen LogP contribution >= 0.6 is 0 Å². The minimum absolute atomic E-state index is 0.622. The van der Waals surface area contributed by atoms with Gasteiger partial charge in [0.2, 0.25) is 0 Å². The van der Waals surface area contributed by atoms with E-state index < -0.39 is 0 Å². The standard InChI is InChI=1S/C13H18O/c1-13-6-9-4-10(7-13)12(2-3-14)11(5-9)8-13/h2-3,9-11H,4-8H2,1H3. The monoisotopic (exact) mass is 190 g/mol. The smallest absolute Gasteiger partial charge is 0.142 e. The molecule has 1 nitrogen and oxygen atoms in total. The molecule has 14 heavy (non-hydrogen) atoms. The fourth-order valence-electron chi connectivity index (χ4n) is 4.56. The summed E-state index contributed by atoms with van der Waals surface area (Å²) in [6.07, 6.45) is 9.75. The normalized spacial score (nSPS) is 49.5. The summed E-state index contributed by atoms with van der Waals surface area (Å²) in [5.41, 5.74) is 2.12. The van der Waals surface area contributed by atoms with E-state index in [4.69, 9.17) is 0 Å². The maximum atomic E-state index is 10.6. The second-order valence-corrected chi connectivity index (χ2v) is 5.96. The van der Waals surface area contributed by atoms with Gasteiger partial charge in [0.15, 0.2) is 0 Å². The Kier molecular flexibility index (Phi) is 1.68. The molecule has 4 rings (SSSR count). The van der Waals surface area contributed by atoms with Crippen molar-refractivity contribution in [3.05, 3.63) is 11.6 Å².